The van der Waals surface area contributed by atoms with Crippen LogP contribution < -0.4 is 5.32 Å². The Hall–Kier alpha value is -1.28. The lowest BCUT2D eigenvalue weighted by Gasteiger charge is -2.41. The van der Waals surface area contributed by atoms with Crippen molar-refractivity contribution in [2.24, 2.45) is 5.41 Å². The average Bonchev–Trinajstić information content (AvgIpc) is 2.76. The van der Waals surface area contributed by atoms with Gasteiger partial charge in [0.2, 0.25) is 0 Å². The Morgan fingerprint density at radius 2 is 2.11 bits per heavy atom. The van der Waals surface area contributed by atoms with E-state index in [0.29, 0.717) is 5.41 Å². The highest BCUT2D eigenvalue weighted by atomic mass is 14.9. The molecule has 1 aromatic heterocycles. The Labute approximate surface area is 109 Å². The van der Waals surface area contributed by atoms with Gasteiger partial charge in [-0.25, -0.2) is 0 Å². The predicted molar refractivity (Wildman–Crippen MR) is 76.6 cm³/mol. The van der Waals surface area contributed by atoms with Crippen LogP contribution in [-0.2, 0) is 6.54 Å². The van der Waals surface area contributed by atoms with Crippen molar-refractivity contribution in [2.45, 2.75) is 39.2 Å². The number of aromatic amines is 1. The Morgan fingerprint density at radius 3 is 2.83 bits per heavy atom. The zero-order chi connectivity index (χ0) is 12.4. The van der Waals surface area contributed by atoms with Crippen molar-refractivity contribution < 1.29 is 0 Å². The van der Waals surface area contributed by atoms with E-state index in [4.69, 9.17) is 0 Å². The van der Waals surface area contributed by atoms with Gasteiger partial charge in [-0.15, -0.1) is 0 Å². The topological polar surface area (TPSA) is 27.8 Å². The molecular weight excluding hydrogens is 220 g/mol. The predicted octanol–water partition coefficient (Wildman–Crippen LogP) is 3.84. The standard InChI is InChI=1S/C16H22N2/c1-2-16(8-5-9-16)12-17-10-13-11-18-15-7-4-3-6-14(13)15/h3-4,6-7,11,17-18H,2,5,8-10,12H2,1H3. The number of hydrogen-bond donors (Lipinski definition) is 2. The molecule has 2 heteroatoms. The fraction of sp³-hybridized carbons (Fsp3) is 0.500. The number of benzene rings is 1. The molecule has 96 valence electrons. The van der Waals surface area contributed by atoms with E-state index in [1.165, 1.54) is 48.7 Å². The third-order valence-electron chi connectivity index (χ3n) is 4.65. The monoisotopic (exact) mass is 242 g/mol. The third-order valence-corrected chi connectivity index (χ3v) is 4.65. The first-order chi connectivity index (χ1) is 8.83. The van der Waals surface area contributed by atoms with E-state index in [9.17, 15) is 0 Å². The van der Waals surface area contributed by atoms with Crippen molar-refractivity contribution in [1.29, 1.82) is 0 Å². The summed E-state index contributed by atoms with van der Waals surface area (Å²) in [6, 6.07) is 8.52. The van der Waals surface area contributed by atoms with E-state index in [2.05, 4.69) is 47.7 Å². The average molecular weight is 242 g/mol. The van der Waals surface area contributed by atoms with Crippen LogP contribution in [0.5, 0.6) is 0 Å². The molecule has 2 aromatic rings. The Balaban J connectivity index is 1.63. The molecule has 1 saturated carbocycles. The Bertz CT molecular complexity index is 517. The molecule has 0 radical (unpaired) electrons. The molecule has 1 fully saturated rings. The SMILES string of the molecule is CCC1(CNCc2c[nH]c3ccccc23)CCC1. The van der Waals surface area contributed by atoms with E-state index in [1.807, 2.05) is 0 Å². The fourth-order valence-corrected chi connectivity index (χ4v) is 3.07. The van der Waals surface area contributed by atoms with Crippen molar-refractivity contribution in [2.75, 3.05) is 6.54 Å². The van der Waals surface area contributed by atoms with Crippen LogP contribution >= 0.6 is 0 Å². The maximum Gasteiger partial charge on any atom is 0.0457 e. The number of rotatable bonds is 5. The number of nitrogens with one attached hydrogen (secondary N) is 2. The van der Waals surface area contributed by atoms with Crippen molar-refractivity contribution in [3.63, 3.8) is 0 Å². The van der Waals surface area contributed by atoms with Gasteiger partial charge in [-0.05, 0) is 36.3 Å². The molecule has 2 N–H and O–H groups in total. The number of para-hydroxylation sites is 1. The number of H-pyrrole nitrogens is 1. The summed E-state index contributed by atoms with van der Waals surface area (Å²) in [7, 11) is 0. The minimum atomic E-state index is 0.603. The zero-order valence-corrected chi connectivity index (χ0v) is 11.1. The highest BCUT2D eigenvalue weighted by Crippen LogP contribution is 2.43. The fourth-order valence-electron chi connectivity index (χ4n) is 3.07. The van der Waals surface area contributed by atoms with Crippen LogP contribution in [0, 0.1) is 5.41 Å². The number of fused-ring (bicyclic) bond motifs is 1. The van der Waals surface area contributed by atoms with Crippen LogP contribution in [0.4, 0.5) is 0 Å². The van der Waals surface area contributed by atoms with E-state index < -0.39 is 0 Å². The van der Waals surface area contributed by atoms with Gasteiger partial charge in [0.1, 0.15) is 0 Å². The Kier molecular flexibility index (Phi) is 3.13. The van der Waals surface area contributed by atoms with Crippen molar-refractivity contribution >= 4 is 10.9 Å². The lowest BCUT2D eigenvalue weighted by atomic mass is 9.67. The maximum atomic E-state index is 3.65. The van der Waals surface area contributed by atoms with Crippen LogP contribution in [0.15, 0.2) is 30.5 Å². The van der Waals surface area contributed by atoms with E-state index in [-0.39, 0.29) is 0 Å². The van der Waals surface area contributed by atoms with Gasteiger partial charge in [0.15, 0.2) is 0 Å². The molecule has 3 rings (SSSR count). The van der Waals surface area contributed by atoms with Crippen LogP contribution in [0.2, 0.25) is 0 Å². The summed E-state index contributed by atoms with van der Waals surface area (Å²) in [4.78, 5) is 3.34. The van der Waals surface area contributed by atoms with Crippen molar-refractivity contribution in [3.8, 4) is 0 Å². The van der Waals surface area contributed by atoms with Crippen LogP contribution in [-0.4, -0.2) is 11.5 Å². The van der Waals surface area contributed by atoms with Crippen LogP contribution in [0.25, 0.3) is 10.9 Å². The lowest BCUT2D eigenvalue weighted by molar-refractivity contribution is 0.124. The van der Waals surface area contributed by atoms with Gasteiger partial charge in [0.05, 0.1) is 0 Å². The molecule has 1 aliphatic rings. The molecule has 0 atom stereocenters. The van der Waals surface area contributed by atoms with Gasteiger partial charge < -0.3 is 10.3 Å². The highest BCUT2D eigenvalue weighted by Gasteiger charge is 2.34. The van der Waals surface area contributed by atoms with Gasteiger partial charge in [-0.2, -0.15) is 0 Å². The van der Waals surface area contributed by atoms with Gasteiger partial charge in [0, 0.05) is 30.2 Å². The highest BCUT2D eigenvalue weighted by molar-refractivity contribution is 5.82. The molecule has 18 heavy (non-hydrogen) atoms. The van der Waals surface area contributed by atoms with Crippen molar-refractivity contribution in [1.82, 2.24) is 10.3 Å². The zero-order valence-electron chi connectivity index (χ0n) is 11.1. The summed E-state index contributed by atoms with van der Waals surface area (Å²) in [6.45, 7) is 4.47. The quantitative estimate of drug-likeness (QED) is 0.819. The smallest absolute Gasteiger partial charge is 0.0457 e. The summed E-state index contributed by atoms with van der Waals surface area (Å²) in [5, 5.41) is 5.00. The number of hydrogen-bond acceptors (Lipinski definition) is 1. The summed E-state index contributed by atoms with van der Waals surface area (Å²) in [5.41, 5.74) is 3.23. The second-order valence-corrected chi connectivity index (χ2v) is 5.67. The molecule has 0 bridgehead atoms. The minimum absolute atomic E-state index is 0.603. The molecular formula is C16H22N2. The van der Waals surface area contributed by atoms with Crippen molar-refractivity contribution in [3.05, 3.63) is 36.0 Å². The second kappa shape index (κ2) is 4.77. The van der Waals surface area contributed by atoms with Gasteiger partial charge >= 0.3 is 0 Å². The largest absolute Gasteiger partial charge is 0.361 e. The molecule has 1 aliphatic carbocycles. The summed E-state index contributed by atoms with van der Waals surface area (Å²) in [5.74, 6) is 0. The summed E-state index contributed by atoms with van der Waals surface area (Å²) >= 11 is 0. The minimum Gasteiger partial charge on any atom is -0.361 e. The normalized spacial score (nSPS) is 17.8. The maximum absolute atomic E-state index is 3.65. The van der Waals surface area contributed by atoms with E-state index in [0.717, 1.165) is 6.54 Å². The second-order valence-electron chi connectivity index (χ2n) is 5.67. The first kappa shape index (κ1) is 11.8. The molecule has 1 aromatic carbocycles. The van der Waals surface area contributed by atoms with Crippen LogP contribution in [0.3, 0.4) is 0 Å². The van der Waals surface area contributed by atoms with E-state index >= 15 is 0 Å². The molecule has 0 unspecified atom stereocenters. The first-order valence-electron chi connectivity index (χ1n) is 7.09. The van der Waals surface area contributed by atoms with Gasteiger partial charge in [-0.1, -0.05) is 31.5 Å². The number of aromatic nitrogens is 1. The van der Waals surface area contributed by atoms with Gasteiger partial charge in [0.25, 0.3) is 0 Å². The summed E-state index contributed by atoms with van der Waals surface area (Å²) < 4.78 is 0. The molecule has 0 saturated heterocycles. The molecule has 1 heterocycles. The van der Waals surface area contributed by atoms with Crippen LogP contribution in [0.1, 0.15) is 38.2 Å². The molecule has 2 nitrogen and oxygen atoms in total. The first-order valence-corrected chi connectivity index (χ1v) is 7.09. The Morgan fingerprint density at radius 1 is 1.28 bits per heavy atom. The lowest BCUT2D eigenvalue weighted by Crippen LogP contribution is -2.39. The molecule has 0 amide bonds. The molecule has 0 spiro atoms. The van der Waals surface area contributed by atoms with E-state index in [1.54, 1.807) is 0 Å². The third kappa shape index (κ3) is 2.05. The van der Waals surface area contributed by atoms with Gasteiger partial charge in [-0.3, -0.25) is 0 Å². The molecule has 0 aliphatic heterocycles. The summed E-state index contributed by atoms with van der Waals surface area (Å²) in [6.07, 6.45) is 7.68.